The second-order valence-corrected chi connectivity index (χ2v) is 8.82. The minimum atomic E-state index is 0.0365. The molecule has 4 rings (SSSR count). The van der Waals surface area contributed by atoms with E-state index >= 15 is 0 Å². The molecule has 0 radical (unpaired) electrons. The van der Waals surface area contributed by atoms with Gasteiger partial charge in [-0.25, -0.2) is 9.97 Å². The van der Waals surface area contributed by atoms with Crippen LogP contribution in [-0.4, -0.2) is 33.9 Å². The largest absolute Gasteiger partial charge is 0.454 e. The number of fused-ring (bicyclic) bond motifs is 1. The maximum atomic E-state index is 6.37. The van der Waals surface area contributed by atoms with E-state index < -0.39 is 0 Å². The van der Waals surface area contributed by atoms with Crippen LogP contribution in [0.5, 0.6) is 11.5 Å². The highest BCUT2D eigenvalue weighted by Crippen LogP contribution is 2.36. The highest BCUT2D eigenvalue weighted by Gasteiger charge is 2.38. The summed E-state index contributed by atoms with van der Waals surface area (Å²) in [7, 11) is 0. The van der Waals surface area contributed by atoms with Crippen molar-refractivity contribution in [3.05, 3.63) is 24.5 Å². The molecule has 0 amide bonds. The van der Waals surface area contributed by atoms with Crippen molar-refractivity contribution >= 4 is 23.0 Å². The third-order valence-electron chi connectivity index (χ3n) is 5.05. The van der Waals surface area contributed by atoms with Gasteiger partial charge < -0.3 is 31.2 Å². The number of nitrogens with zero attached hydrogens (tertiary/aromatic N) is 2. The van der Waals surface area contributed by atoms with Gasteiger partial charge >= 0.3 is 0 Å². The molecule has 2 aliphatic rings. The van der Waals surface area contributed by atoms with Gasteiger partial charge in [-0.15, -0.1) is 0 Å². The number of hydrogen-bond donors (Lipinski definition) is 4. The first-order chi connectivity index (χ1) is 13.2. The van der Waals surface area contributed by atoms with Gasteiger partial charge in [0, 0.05) is 28.9 Å². The summed E-state index contributed by atoms with van der Waals surface area (Å²) in [6.45, 7) is 9.12. The molecule has 1 aromatic heterocycles. The number of ether oxygens (including phenoxy) is 2. The van der Waals surface area contributed by atoms with Crippen LogP contribution >= 0.6 is 0 Å². The molecular weight excluding hydrogens is 356 g/mol. The number of nitrogens with one attached hydrogen (secondary N) is 3. The molecule has 5 N–H and O–H groups in total. The molecule has 0 bridgehead atoms. The number of piperidine rings is 1. The van der Waals surface area contributed by atoms with Gasteiger partial charge in [0.15, 0.2) is 23.1 Å². The molecule has 150 valence electrons. The molecule has 0 unspecified atom stereocenters. The van der Waals surface area contributed by atoms with Gasteiger partial charge in [-0.3, -0.25) is 0 Å². The summed E-state index contributed by atoms with van der Waals surface area (Å²) in [5.74, 6) is 2.65. The normalized spacial score (nSPS) is 20.0. The minimum Gasteiger partial charge on any atom is -0.454 e. The van der Waals surface area contributed by atoms with Gasteiger partial charge in [0.2, 0.25) is 6.79 Å². The number of nitrogens with two attached hydrogens (primary N) is 1. The molecule has 2 aliphatic heterocycles. The van der Waals surface area contributed by atoms with Gasteiger partial charge in [0.1, 0.15) is 12.0 Å². The van der Waals surface area contributed by atoms with Crippen molar-refractivity contribution in [2.75, 3.05) is 23.2 Å². The molecular formula is C20H28N6O2. The Morgan fingerprint density at radius 2 is 1.71 bits per heavy atom. The number of rotatable bonds is 4. The van der Waals surface area contributed by atoms with Crippen LogP contribution in [0.15, 0.2) is 24.5 Å². The van der Waals surface area contributed by atoms with E-state index in [1.54, 1.807) is 0 Å². The average Bonchev–Trinajstić information content (AvgIpc) is 3.03. The van der Waals surface area contributed by atoms with Crippen molar-refractivity contribution < 1.29 is 9.47 Å². The first-order valence-corrected chi connectivity index (χ1v) is 9.54. The molecule has 0 saturated carbocycles. The van der Waals surface area contributed by atoms with Crippen molar-refractivity contribution in [1.29, 1.82) is 0 Å². The molecule has 1 saturated heterocycles. The van der Waals surface area contributed by atoms with Gasteiger partial charge in [0.05, 0.1) is 0 Å². The summed E-state index contributed by atoms with van der Waals surface area (Å²) in [5.41, 5.74) is 7.77. The Morgan fingerprint density at radius 1 is 1.04 bits per heavy atom. The smallest absolute Gasteiger partial charge is 0.231 e. The van der Waals surface area contributed by atoms with Crippen LogP contribution in [0, 0.1) is 0 Å². The second kappa shape index (κ2) is 6.70. The molecule has 2 aromatic rings. The predicted molar refractivity (Wildman–Crippen MR) is 110 cm³/mol. The van der Waals surface area contributed by atoms with Crippen LogP contribution in [0.4, 0.5) is 23.0 Å². The second-order valence-electron chi connectivity index (χ2n) is 8.82. The maximum Gasteiger partial charge on any atom is 0.231 e. The Labute approximate surface area is 165 Å². The lowest BCUT2D eigenvalue weighted by molar-refractivity contribution is 0.170. The summed E-state index contributed by atoms with van der Waals surface area (Å²) in [6.07, 6.45) is 3.47. The number of anilines is 4. The zero-order valence-corrected chi connectivity index (χ0v) is 16.8. The van der Waals surface area contributed by atoms with E-state index in [0.29, 0.717) is 23.1 Å². The van der Waals surface area contributed by atoms with E-state index in [-0.39, 0.29) is 23.9 Å². The van der Waals surface area contributed by atoms with Crippen molar-refractivity contribution in [1.82, 2.24) is 15.3 Å². The SMILES string of the molecule is CC1(C)CC(Nc2ncnc(Nc3ccc4c(c3)OCO4)c2N)CC(C)(C)N1. The van der Waals surface area contributed by atoms with Gasteiger partial charge in [-0.2, -0.15) is 0 Å². The van der Waals surface area contributed by atoms with Crippen LogP contribution in [0.2, 0.25) is 0 Å². The van der Waals surface area contributed by atoms with Crippen LogP contribution in [0.25, 0.3) is 0 Å². The highest BCUT2D eigenvalue weighted by atomic mass is 16.7. The van der Waals surface area contributed by atoms with E-state index in [9.17, 15) is 0 Å². The fourth-order valence-corrected chi connectivity index (χ4v) is 4.34. The lowest BCUT2D eigenvalue weighted by Crippen LogP contribution is -2.60. The van der Waals surface area contributed by atoms with E-state index in [1.807, 2.05) is 18.2 Å². The zero-order valence-electron chi connectivity index (χ0n) is 16.8. The summed E-state index contributed by atoms with van der Waals surface area (Å²) in [6, 6.07) is 5.90. The van der Waals surface area contributed by atoms with Crippen molar-refractivity contribution in [2.45, 2.75) is 57.7 Å². The lowest BCUT2D eigenvalue weighted by Gasteiger charge is -2.46. The molecule has 8 nitrogen and oxygen atoms in total. The maximum absolute atomic E-state index is 6.37. The monoisotopic (exact) mass is 384 g/mol. The highest BCUT2D eigenvalue weighted by molar-refractivity contribution is 5.78. The van der Waals surface area contributed by atoms with E-state index in [2.05, 4.69) is 53.6 Å². The van der Waals surface area contributed by atoms with Gasteiger partial charge in [0.25, 0.3) is 0 Å². The van der Waals surface area contributed by atoms with E-state index in [0.717, 1.165) is 24.3 Å². The van der Waals surface area contributed by atoms with Crippen LogP contribution in [0.3, 0.4) is 0 Å². The molecule has 3 heterocycles. The lowest BCUT2D eigenvalue weighted by atomic mass is 9.79. The molecule has 1 fully saturated rings. The summed E-state index contributed by atoms with van der Waals surface area (Å²) >= 11 is 0. The average molecular weight is 384 g/mol. The molecule has 0 aliphatic carbocycles. The van der Waals surface area contributed by atoms with Crippen LogP contribution in [0.1, 0.15) is 40.5 Å². The fourth-order valence-electron chi connectivity index (χ4n) is 4.34. The summed E-state index contributed by atoms with van der Waals surface area (Å²) < 4.78 is 10.8. The number of hydrogen-bond acceptors (Lipinski definition) is 8. The summed E-state index contributed by atoms with van der Waals surface area (Å²) in [5, 5.41) is 10.5. The molecule has 0 atom stereocenters. The molecule has 1 aromatic carbocycles. The molecule has 0 spiro atoms. The predicted octanol–water partition coefficient (Wildman–Crippen LogP) is 3.25. The van der Waals surface area contributed by atoms with Crippen LogP contribution in [-0.2, 0) is 0 Å². The van der Waals surface area contributed by atoms with Crippen molar-refractivity contribution in [3.8, 4) is 11.5 Å². The fraction of sp³-hybridized carbons (Fsp3) is 0.500. The Morgan fingerprint density at radius 3 is 2.46 bits per heavy atom. The third kappa shape index (κ3) is 3.91. The zero-order chi connectivity index (χ0) is 19.9. The molecule has 8 heteroatoms. The minimum absolute atomic E-state index is 0.0365. The van der Waals surface area contributed by atoms with E-state index in [1.165, 1.54) is 6.33 Å². The quantitative estimate of drug-likeness (QED) is 0.636. The topological polar surface area (TPSA) is 106 Å². The third-order valence-corrected chi connectivity index (χ3v) is 5.05. The number of benzene rings is 1. The Bertz CT molecular complexity index is 867. The van der Waals surface area contributed by atoms with Crippen molar-refractivity contribution in [2.24, 2.45) is 0 Å². The summed E-state index contributed by atoms with van der Waals surface area (Å²) in [4.78, 5) is 8.68. The number of nitrogen functional groups attached to an aromatic ring is 1. The first kappa shape index (κ1) is 18.6. The van der Waals surface area contributed by atoms with Gasteiger partial charge in [-0.05, 0) is 52.7 Å². The Hall–Kier alpha value is -2.74. The standard InChI is InChI=1S/C20H28N6O2/c1-19(2)8-13(9-20(3,4)26-19)25-18-16(21)17(22-10-23-18)24-12-5-6-14-15(7-12)28-11-27-14/h5-7,10,13,26H,8-9,11,21H2,1-4H3,(H2,22,23,24,25). The van der Waals surface area contributed by atoms with Crippen LogP contribution < -0.4 is 31.2 Å². The number of aromatic nitrogens is 2. The van der Waals surface area contributed by atoms with E-state index in [4.69, 9.17) is 15.2 Å². The Balaban J connectivity index is 1.52. The van der Waals surface area contributed by atoms with Gasteiger partial charge in [-0.1, -0.05) is 0 Å². The first-order valence-electron chi connectivity index (χ1n) is 9.54. The Kier molecular flexibility index (Phi) is 4.45. The van der Waals surface area contributed by atoms with Crippen molar-refractivity contribution in [3.63, 3.8) is 0 Å². The molecule has 28 heavy (non-hydrogen) atoms.